The smallest absolute Gasteiger partial charge is 0.0186 e. The fourth-order valence-electron chi connectivity index (χ4n) is 3.96. The molecule has 0 N–H and O–H groups in total. The maximum atomic E-state index is 2.41. The Bertz CT molecular complexity index is 646. The highest BCUT2D eigenvalue weighted by Gasteiger charge is 2.45. The third-order valence-corrected chi connectivity index (χ3v) is 4.98. The highest BCUT2D eigenvalue weighted by Crippen LogP contribution is 2.52. The van der Waals surface area contributed by atoms with E-state index in [1.165, 1.54) is 34.2 Å². The summed E-state index contributed by atoms with van der Waals surface area (Å²) in [4.78, 5) is 0. The first-order valence-corrected chi connectivity index (χ1v) is 7.52. The van der Waals surface area contributed by atoms with Crippen LogP contribution in [0.4, 0.5) is 0 Å². The molecule has 0 saturated heterocycles. The number of aryl methyl sites for hydroxylation is 2. The van der Waals surface area contributed by atoms with Crippen LogP contribution in [-0.4, -0.2) is 0 Å². The summed E-state index contributed by atoms with van der Waals surface area (Å²) < 4.78 is 0. The summed E-state index contributed by atoms with van der Waals surface area (Å²) in [5, 5.41) is 0. The molecular formula is C20H24. The Balaban J connectivity index is 2.21. The molecule has 2 aromatic carbocycles. The Morgan fingerprint density at radius 2 is 1.35 bits per heavy atom. The van der Waals surface area contributed by atoms with Gasteiger partial charge in [0, 0.05) is 5.41 Å². The lowest BCUT2D eigenvalue weighted by Gasteiger charge is -2.28. The average Bonchev–Trinajstić information content (AvgIpc) is 2.58. The van der Waals surface area contributed by atoms with E-state index < -0.39 is 0 Å². The second-order valence-corrected chi connectivity index (χ2v) is 7.31. The van der Waals surface area contributed by atoms with E-state index in [1.807, 2.05) is 0 Å². The molecule has 0 aliphatic heterocycles. The second-order valence-electron chi connectivity index (χ2n) is 7.31. The molecule has 0 fully saturated rings. The lowest BCUT2D eigenvalue weighted by atomic mass is 9.75. The Kier molecular flexibility index (Phi) is 2.83. The van der Waals surface area contributed by atoms with E-state index in [1.54, 1.807) is 0 Å². The summed E-state index contributed by atoms with van der Waals surface area (Å²) in [7, 11) is 0. The van der Waals surface area contributed by atoms with Gasteiger partial charge in [0.25, 0.3) is 0 Å². The largest absolute Gasteiger partial charge is 0.0590 e. The maximum Gasteiger partial charge on any atom is 0.0186 e. The minimum Gasteiger partial charge on any atom is -0.0590 e. The van der Waals surface area contributed by atoms with Crippen LogP contribution in [0.1, 0.15) is 55.0 Å². The number of hydrogen-bond donors (Lipinski definition) is 0. The fraction of sp³-hybridized carbons (Fsp3) is 0.400. The van der Waals surface area contributed by atoms with Crippen molar-refractivity contribution in [1.82, 2.24) is 0 Å². The zero-order valence-corrected chi connectivity index (χ0v) is 13.2. The predicted octanol–water partition coefficient (Wildman–Crippen LogP) is 5.29. The molecule has 0 saturated carbocycles. The van der Waals surface area contributed by atoms with Gasteiger partial charge in [-0.15, -0.1) is 0 Å². The van der Waals surface area contributed by atoms with Crippen LogP contribution in [0.25, 0.3) is 0 Å². The van der Waals surface area contributed by atoms with Gasteiger partial charge < -0.3 is 0 Å². The average molecular weight is 264 g/mol. The van der Waals surface area contributed by atoms with Crippen molar-refractivity contribution in [3.05, 3.63) is 70.3 Å². The van der Waals surface area contributed by atoms with Gasteiger partial charge in [0.05, 0.1) is 0 Å². The molecule has 0 heteroatoms. The lowest BCUT2D eigenvalue weighted by Crippen LogP contribution is -2.23. The molecule has 0 spiro atoms. The zero-order valence-electron chi connectivity index (χ0n) is 13.2. The highest BCUT2D eigenvalue weighted by molar-refractivity contribution is 5.52. The molecular weight excluding hydrogens is 240 g/mol. The van der Waals surface area contributed by atoms with Crippen LogP contribution in [-0.2, 0) is 10.8 Å². The topological polar surface area (TPSA) is 0 Å². The Morgan fingerprint density at radius 1 is 0.750 bits per heavy atom. The minimum absolute atomic E-state index is 0.137. The summed E-state index contributed by atoms with van der Waals surface area (Å²) in [5.41, 5.74) is 7.57. The van der Waals surface area contributed by atoms with Crippen LogP contribution in [0.5, 0.6) is 0 Å². The van der Waals surface area contributed by atoms with Crippen LogP contribution < -0.4 is 0 Å². The first-order chi connectivity index (χ1) is 9.33. The molecule has 1 aliphatic rings. The summed E-state index contributed by atoms with van der Waals surface area (Å²) >= 11 is 0. The van der Waals surface area contributed by atoms with Gasteiger partial charge in [-0.3, -0.25) is 0 Å². The van der Waals surface area contributed by atoms with Gasteiger partial charge in [0.15, 0.2) is 0 Å². The molecule has 0 nitrogen and oxygen atoms in total. The van der Waals surface area contributed by atoms with Crippen molar-refractivity contribution in [1.29, 1.82) is 0 Å². The van der Waals surface area contributed by atoms with E-state index in [4.69, 9.17) is 0 Å². The summed E-state index contributed by atoms with van der Waals surface area (Å²) in [6.45, 7) is 11.5. The van der Waals surface area contributed by atoms with Crippen molar-refractivity contribution >= 4 is 0 Å². The molecule has 0 bridgehead atoms. The van der Waals surface area contributed by atoms with Crippen LogP contribution in [0.3, 0.4) is 0 Å². The number of rotatable bonds is 1. The van der Waals surface area contributed by atoms with Crippen molar-refractivity contribution < 1.29 is 0 Å². The van der Waals surface area contributed by atoms with Crippen molar-refractivity contribution in [3.63, 3.8) is 0 Å². The quantitative estimate of drug-likeness (QED) is 0.656. The molecule has 1 atom stereocenters. The van der Waals surface area contributed by atoms with Crippen LogP contribution in [0.15, 0.2) is 42.5 Å². The number of hydrogen-bond acceptors (Lipinski definition) is 0. The normalized spacial score (nSPS) is 23.6. The monoisotopic (exact) mass is 264 g/mol. The Hall–Kier alpha value is -1.56. The SMILES string of the molecule is Cc1ccc([C@@]2(C)CC(C)(C)c3ccc(C)cc32)cc1. The van der Waals surface area contributed by atoms with Gasteiger partial charge in [-0.2, -0.15) is 0 Å². The van der Waals surface area contributed by atoms with E-state index in [-0.39, 0.29) is 10.8 Å². The van der Waals surface area contributed by atoms with Crippen LogP contribution in [0.2, 0.25) is 0 Å². The van der Waals surface area contributed by atoms with E-state index in [9.17, 15) is 0 Å². The zero-order chi connectivity index (χ0) is 14.5. The van der Waals surface area contributed by atoms with Crippen LogP contribution >= 0.6 is 0 Å². The van der Waals surface area contributed by atoms with Gasteiger partial charge in [-0.1, -0.05) is 74.4 Å². The Morgan fingerprint density at radius 3 is 2.00 bits per heavy atom. The van der Waals surface area contributed by atoms with Crippen LogP contribution in [0, 0.1) is 13.8 Å². The van der Waals surface area contributed by atoms with Gasteiger partial charge in [-0.25, -0.2) is 0 Å². The number of fused-ring (bicyclic) bond motifs is 1. The van der Waals surface area contributed by atoms with Gasteiger partial charge in [0.2, 0.25) is 0 Å². The molecule has 1 aliphatic carbocycles. The summed E-state index contributed by atoms with van der Waals surface area (Å²) in [6, 6.07) is 16.1. The van der Waals surface area contributed by atoms with E-state index in [0.29, 0.717) is 0 Å². The molecule has 0 radical (unpaired) electrons. The van der Waals surface area contributed by atoms with Crippen molar-refractivity contribution in [3.8, 4) is 0 Å². The molecule has 104 valence electrons. The third kappa shape index (κ3) is 1.90. The summed E-state index contributed by atoms with van der Waals surface area (Å²) in [6.07, 6.45) is 1.18. The standard InChI is InChI=1S/C20H24/c1-14-6-9-16(10-7-14)20(5)13-19(3,4)17-11-8-15(2)12-18(17)20/h6-12H,13H2,1-5H3/t20-/m1/s1. The maximum absolute atomic E-state index is 2.41. The number of benzene rings is 2. The van der Waals surface area contributed by atoms with E-state index in [2.05, 4.69) is 77.1 Å². The van der Waals surface area contributed by atoms with Crippen molar-refractivity contribution in [2.45, 2.75) is 51.9 Å². The van der Waals surface area contributed by atoms with Gasteiger partial charge >= 0.3 is 0 Å². The first kappa shape index (κ1) is 13.4. The van der Waals surface area contributed by atoms with E-state index >= 15 is 0 Å². The molecule has 0 aromatic heterocycles. The lowest BCUT2D eigenvalue weighted by molar-refractivity contribution is 0.425. The van der Waals surface area contributed by atoms with Crippen molar-refractivity contribution in [2.24, 2.45) is 0 Å². The highest BCUT2D eigenvalue weighted by atomic mass is 14.5. The van der Waals surface area contributed by atoms with Crippen molar-refractivity contribution in [2.75, 3.05) is 0 Å². The Labute approximate surface area is 122 Å². The third-order valence-electron chi connectivity index (χ3n) is 4.98. The minimum atomic E-state index is 0.137. The fourth-order valence-corrected chi connectivity index (χ4v) is 3.96. The van der Waals surface area contributed by atoms with Gasteiger partial charge in [0.1, 0.15) is 0 Å². The molecule has 2 aromatic rings. The molecule has 3 rings (SSSR count). The molecule has 0 heterocycles. The first-order valence-electron chi connectivity index (χ1n) is 7.52. The molecule has 0 unspecified atom stereocenters. The molecule has 20 heavy (non-hydrogen) atoms. The second kappa shape index (κ2) is 4.22. The van der Waals surface area contributed by atoms with E-state index in [0.717, 1.165) is 0 Å². The predicted molar refractivity (Wildman–Crippen MR) is 86.5 cm³/mol. The van der Waals surface area contributed by atoms with Gasteiger partial charge in [-0.05, 0) is 42.4 Å². The molecule has 0 amide bonds. The summed E-state index contributed by atoms with van der Waals surface area (Å²) in [5.74, 6) is 0.